The molecule has 2 rings (SSSR count). The number of hydrogen-bond acceptors (Lipinski definition) is 2. The van der Waals surface area contributed by atoms with Gasteiger partial charge in [-0.1, -0.05) is 23.7 Å². The molecule has 3 heteroatoms. The smallest absolute Gasteiger partial charge is 0.0712 e. The first-order valence-electron chi connectivity index (χ1n) is 6.69. The first-order valence-corrected chi connectivity index (χ1v) is 7.07. The molecule has 2 nitrogen and oxygen atoms in total. The van der Waals surface area contributed by atoms with Gasteiger partial charge in [0.05, 0.1) is 5.60 Å². The fourth-order valence-corrected chi connectivity index (χ4v) is 2.87. The van der Waals surface area contributed by atoms with Crippen LogP contribution in [0.25, 0.3) is 0 Å². The van der Waals surface area contributed by atoms with Crippen LogP contribution in [0.1, 0.15) is 32.3 Å². The molecule has 0 spiro atoms. The second kappa shape index (κ2) is 5.60. The van der Waals surface area contributed by atoms with E-state index in [2.05, 4.69) is 18.7 Å². The van der Waals surface area contributed by atoms with Gasteiger partial charge in [-0.2, -0.15) is 0 Å². The summed E-state index contributed by atoms with van der Waals surface area (Å²) in [5.41, 5.74) is 0.568. The first kappa shape index (κ1) is 13.9. The Balaban J connectivity index is 1.97. The van der Waals surface area contributed by atoms with Gasteiger partial charge in [0.1, 0.15) is 0 Å². The van der Waals surface area contributed by atoms with Gasteiger partial charge in [-0.25, -0.2) is 0 Å². The third kappa shape index (κ3) is 3.47. The van der Waals surface area contributed by atoms with Crippen LogP contribution < -0.4 is 0 Å². The van der Waals surface area contributed by atoms with Crippen LogP contribution in [0.15, 0.2) is 24.3 Å². The molecular weight excluding hydrogens is 246 g/mol. The van der Waals surface area contributed by atoms with Crippen molar-refractivity contribution in [1.29, 1.82) is 0 Å². The maximum Gasteiger partial charge on any atom is 0.0712 e. The number of likely N-dealkylation sites (tertiary alicyclic amines) is 1. The first-order chi connectivity index (χ1) is 8.48. The minimum atomic E-state index is -0.559. The van der Waals surface area contributed by atoms with E-state index in [0.29, 0.717) is 12.5 Å². The molecule has 0 bridgehead atoms. The summed E-state index contributed by atoms with van der Waals surface area (Å²) in [6.45, 7) is 6.38. The number of benzene rings is 1. The van der Waals surface area contributed by atoms with E-state index in [4.69, 9.17) is 11.6 Å². The third-order valence-corrected chi connectivity index (χ3v) is 4.12. The zero-order valence-electron chi connectivity index (χ0n) is 11.2. The molecule has 100 valence electrons. The van der Waals surface area contributed by atoms with E-state index in [9.17, 15) is 5.11 Å². The molecular formula is C15H22ClNO. The van der Waals surface area contributed by atoms with Gasteiger partial charge in [0.25, 0.3) is 0 Å². The molecule has 0 saturated carbocycles. The van der Waals surface area contributed by atoms with Gasteiger partial charge in [0.2, 0.25) is 0 Å². The van der Waals surface area contributed by atoms with Crippen LogP contribution in [-0.2, 0) is 6.42 Å². The van der Waals surface area contributed by atoms with Gasteiger partial charge >= 0.3 is 0 Å². The molecule has 0 aliphatic carbocycles. The molecule has 1 aromatic carbocycles. The lowest BCUT2D eigenvalue weighted by Crippen LogP contribution is -2.47. The van der Waals surface area contributed by atoms with E-state index in [1.54, 1.807) is 0 Å². The Morgan fingerprint density at radius 2 is 2.00 bits per heavy atom. The Hall–Kier alpha value is -0.570. The van der Waals surface area contributed by atoms with Crippen molar-refractivity contribution in [3.05, 3.63) is 34.9 Å². The summed E-state index contributed by atoms with van der Waals surface area (Å²) in [4.78, 5) is 2.42. The largest absolute Gasteiger partial charge is 0.389 e. The maximum atomic E-state index is 10.6. The zero-order chi connectivity index (χ0) is 13.2. The fourth-order valence-electron chi connectivity index (χ4n) is 2.66. The van der Waals surface area contributed by atoms with Crippen molar-refractivity contribution < 1.29 is 5.11 Å². The lowest BCUT2D eigenvalue weighted by molar-refractivity contribution is -0.0271. The van der Waals surface area contributed by atoms with Crippen molar-refractivity contribution in [3.63, 3.8) is 0 Å². The highest BCUT2D eigenvalue weighted by Crippen LogP contribution is 2.28. The topological polar surface area (TPSA) is 23.5 Å². The summed E-state index contributed by atoms with van der Waals surface area (Å²) >= 11 is 5.98. The Morgan fingerprint density at radius 3 is 2.56 bits per heavy atom. The zero-order valence-corrected chi connectivity index (χ0v) is 12.0. The number of nitrogens with zero attached hydrogens (tertiary/aromatic N) is 1. The number of halogens is 1. The van der Waals surface area contributed by atoms with E-state index in [0.717, 1.165) is 36.5 Å². The second-order valence-corrected chi connectivity index (χ2v) is 6.10. The van der Waals surface area contributed by atoms with Crippen LogP contribution in [0, 0.1) is 0 Å². The molecule has 0 radical (unpaired) electrons. The second-order valence-electron chi connectivity index (χ2n) is 5.66. The lowest BCUT2D eigenvalue weighted by Gasteiger charge is -2.40. The van der Waals surface area contributed by atoms with Gasteiger partial charge in [-0.15, -0.1) is 0 Å². The molecule has 1 aromatic rings. The molecule has 0 aromatic heterocycles. The van der Waals surface area contributed by atoms with E-state index in [-0.39, 0.29) is 0 Å². The summed E-state index contributed by atoms with van der Waals surface area (Å²) < 4.78 is 0. The number of rotatable bonds is 3. The van der Waals surface area contributed by atoms with Crippen molar-refractivity contribution in [2.75, 3.05) is 13.1 Å². The van der Waals surface area contributed by atoms with Crippen LogP contribution in [0.3, 0.4) is 0 Å². The van der Waals surface area contributed by atoms with Crippen molar-refractivity contribution in [2.24, 2.45) is 0 Å². The van der Waals surface area contributed by atoms with Crippen LogP contribution in [0.4, 0.5) is 0 Å². The van der Waals surface area contributed by atoms with Gasteiger partial charge in [0.15, 0.2) is 0 Å². The average Bonchev–Trinajstić information content (AvgIpc) is 2.29. The Morgan fingerprint density at radius 1 is 1.33 bits per heavy atom. The highest BCUT2D eigenvalue weighted by Gasteiger charge is 2.32. The standard InChI is InChI=1S/C15H22ClNO/c1-12(2)17-8-6-15(18,7-9-17)11-13-4-3-5-14(16)10-13/h3-5,10,12,18H,6-9,11H2,1-2H3. The fraction of sp³-hybridized carbons (Fsp3) is 0.600. The quantitative estimate of drug-likeness (QED) is 0.910. The van der Waals surface area contributed by atoms with E-state index in [1.165, 1.54) is 0 Å². The molecule has 18 heavy (non-hydrogen) atoms. The molecule has 0 unspecified atom stereocenters. The molecule has 1 aliphatic heterocycles. The van der Waals surface area contributed by atoms with Crippen molar-refractivity contribution in [2.45, 2.75) is 44.8 Å². The van der Waals surface area contributed by atoms with Crippen molar-refractivity contribution in [1.82, 2.24) is 4.90 Å². The minimum Gasteiger partial charge on any atom is -0.389 e. The Labute approximate surface area is 115 Å². The molecule has 1 fully saturated rings. The molecule has 1 N–H and O–H groups in total. The van der Waals surface area contributed by atoms with Gasteiger partial charge < -0.3 is 10.0 Å². The SMILES string of the molecule is CC(C)N1CCC(O)(Cc2cccc(Cl)c2)CC1. The maximum absolute atomic E-state index is 10.6. The summed E-state index contributed by atoms with van der Waals surface area (Å²) in [6, 6.07) is 8.38. The van der Waals surface area contributed by atoms with Crippen molar-refractivity contribution in [3.8, 4) is 0 Å². The van der Waals surface area contributed by atoms with Gasteiger partial charge in [-0.3, -0.25) is 0 Å². The minimum absolute atomic E-state index is 0.559. The van der Waals surface area contributed by atoms with Crippen LogP contribution in [0.5, 0.6) is 0 Å². The van der Waals surface area contributed by atoms with Gasteiger partial charge in [0, 0.05) is 30.6 Å². The van der Waals surface area contributed by atoms with Gasteiger partial charge in [-0.05, 0) is 44.4 Å². The van der Waals surface area contributed by atoms with E-state index >= 15 is 0 Å². The summed E-state index contributed by atoms with van der Waals surface area (Å²) in [6.07, 6.45) is 2.40. The molecule has 1 aliphatic rings. The van der Waals surface area contributed by atoms with Crippen LogP contribution >= 0.6 is 11.6 Å². The van der Waals surface area contributed by atoms with E-state index in [1.807, 2.05) is 24.3 Å². The molecule has 0 amide bonds. The molecule has 1 heterocycles. The highest BCUT2D eigenvalue weighted by atomic mass is 35.5. The average molecular weight is 268 g/mol. The summed E-state index contributed by atoms with van der Waals surface area (Å²) in [5.74, 6) is 0. The summed E-state index contributed by atoms with van der Waals surface area (Å²) in [7, 11) is 0. The number of piperidine rings is 1. The molecule has 0 atom stereocenters. The Kier molecular flexibility index (Phi) is 4.31. The highest BCUT2D eigenvalue weighted by molar-refractivity contribution is 6.30. The lowest BCUT2D eigenvalue weighted by atomic mass is 9.85. The normalized spacial score (nSPS) is 20.3. The van der Waals surface area contributed by atoms with Crippen LogP contribution in [-0.4, -0.2) is 34.7 Å². The summed E-state index contributed by atoms with van der Waals surface area (Å²) in [5, 5.41) is 11.4. The predicted octanol–water partition coefficient (Wildman–Crippen LogP) is 3.12. The van der Waals surface area contributed by atoms with Crippen molar-refractivity contribution >= 4 is 11.6 Å². The predicted molar refractivity (Wildman–Crippen MR) is 76.0 cm³/mol. The third-order valence-electron chi connectivity index (χ3n) is 3.88. The monoisotopic (exact) mass is 267 g/mol. The van der Waals surface area contributed by atoms with E-state index < -0.39 is 5.60 Å². The number of aliphatic hydroxyl groups is 1. The van der Waals surface area contributed by atoms with Crippen LogP contribution in [0.2, 0.25) is 5.02 Å². The molecule has 1 saturated heterocycles. The number of hydrogen-bond donors (Lipinski definition) is 1. The Bertz CT molecular complexity index is 397.